The summed E-state index contributed by atoms with van der Waals surface area (Å²) >= 11 is 1.68. The Kier molecular flexibility index (Phi) is 4.62. The lowest BCUT2D eigenvalue weighted by atomic mass is 9.93. The van der Waals surface area contributed by atoms with Gasteiger partial charge in [0.25, 0.3) is 0 Å². The monoisotopic (exact) mass is 293 g/mol. The second kappa shape index (κ2) is 6.08. The molecule has 0 fully saturated rings. The predicted molar refractivity (Wildman–Crippen MR) is 82.7 cm³/mol. The molecule has 0 saturated carbocycles. The van der Waals surface area contributed by atoms with E-state index in [9.17, 15) is 0 Å². The lowest BCUT2D eigenvalue weighted by Crippen LogP contribution is -2.29. The van der Waals surface area contributed by atoms with Gasteiger partial charge in [-0.3, -0.25) is 5.84 Å². The number of furan rings is 1. The van der Waals surface area contributed by atoms with Crippen molar-refractivity contribution < 1.29 is 4.42 Å². The third-order valence-electron chi connectivity index (χ3n) is 3.27. The highest BCUT2D eigenvalue weighted by atomic mass is 32.1. The average Bonchev–Trinajstić information content (AvgIpc) is 3.04. The van der Waals surface area contributed by atoms with Crippen molar-refractivity contribution in [3.63, 3.8) is 0 Å². The number of nitrogens with two attached hydrogens (primary N) is 1. The molecule has 0 aliphatic rings. The molecule has 3 N–H and O–H groups in total. The fourth-order valence-electron chi connectivity index (χ4n) is 1.94. The third kappa shape index (κ3) is 3.48. The molecule has 0 aliphatic heterocycles. The highest BCUT2D eigenvalue weighted by Crippen LogP contribution is 2.27. The maximum absolute atomic E-state index is 5.77. The van der Waals surface area contributed by atoms with Gasteiger partial charge in [0.1, 0.15) is 11.5 Å². The number of hydrazine groups is 1. The summed E-state index contributed by atoms with van der Waals surface area (Å²) in [5.41, 5.74) is 4.04. The highest BCUT2D eigenvalue weighted by molar-refractivity contribution is 7.09. The smallest absolute Gasteiger partial charge is 0.122 e. The highest BCUT2D eigenvalue weighted by Gasteiger charge is 2.20. The molecule has 0 aliphatic carbocycles. The molecular formula is C15H23N3OS. The van der Waals surface area contributed by atoms with Gasteiger partial charge < -0.3 is 4.42 Å². The quantitative estimate of drug-likeness (QED) is 0.655. The van der Waals surface area contributed by atoms with E-state index in [2.05, 4.69) is 38.5 Å². The molecule has 0 spiro atoms. The van der Waals surface area contributed by atoms with Gasteiger partial charge in [0.15, 0.2) is 0 Å². The van der Waals surface area contributed by atoms with Gasteiger partial charge in [-0.1, -0.05) is 27.7 Å². The zero-order chi connectivity index (χ0) is 14.8. The topological polar surface area (TPSA) is 64.1 Å². The van der Waals surface area contributed by atoms with Gasteiger partial charge in [-0.05, 0) is 12.1 Å². The molecule has 0 amide bonds. The lowest BCUT2D eigenvalue weighted by Gasteiger charge is -2.15. The third-order valence-corrected chi connectivity index (χ3v) is 4.15. The Morgan fingerprint density at radius 1 is 1.40 bits per heavy atom. The van der Waals surface area contributed by atoms with Crippen molar-refractivity contribution >= 4 is 11.3 Å². The number of aryl methyl sites for hydroxylation is 1. The van der Waals surface area contributed by atoms with Gasteiger partial charge in [0.05, 0.1) is 16.7 Å². The molecule has 1 unspecified atom stereocenters. The Morgan fingerprint density at radius 3 is 2.65 bits per heavy atom. The van der Waals surface area contributed by atoms with E-state index in [0.29, 0.717) is 0 Å². The van der Waals surface area contributed by atoms with Crippen LogP contribution in [0.2, 0.25) is 0 Å². The number of hydrogen-bond acceptors (Lipinski definition) is 5. The largest absolute Gasteiger partial charge is 0.464 e. The van der Waals surface area contributed by atoms with E-state index in [1.165, 1.54) is 0 Å². The van der Waals surface area contributed by atoms with Crippen LogP contribution in [-0.2, 0) is 18.3 Å². The summed E-state index contributed by atoms with van der Waals surface area (Å²) in [6, 6.07) is 3.96. The first-order chi connectivity index (χ1) is 9.44. The average molecular weight is 293 g/mol. The fraction of sp³-hybridized carbons (Fsp3) is 0.533. The second-order valence-electron chi connectivity index (χ2n) is 5.96. The number of thiazole rings is 1. The maximum atomic E-state index is 5.77. The first-order valence-electron chi connectivity index (χ1n) is 6.93. The minimum absolute atomic E-state index is 0.0331. The van der Waals surface area contributed by atoms with Crippen LogP contribution < -0.4 is 11.3 Å². The Bertz CT molecular complexity index is 553. The molecule has 2 rings (SSSR count). The standard InChI is InChI=1S/C15H23N3OS/c1-5-10-6-7-12(19-10)11(18-16)8-14-17-13(9-20-14)15(2,3)4/h6-7,9,11,18H,5,8,16H2,1-4H3. The number of nitrogens with zero attached hydrogens (tertiary/aromatic N) is 1. The summed E-state index contributed by atoms with van der Waals surface area (Å²) in [6.07, 6.45) is 1.64. The van der Waals surface area contributed by atoms with Crippen molar-refractivity contribution in [2.24, 2.45) is 5.84 Å². The fourth-order valence-corrected chi connectivity index (χ4v) is 3.01. The van der Waals surface area contributed by atoms with E-state index in [1.54, 1.807) is 11.3 Å². The van der Waals surface area contributed by atoms with Crippen LogP contribution in [-0.4, -0.2) is 4.98 Å². The van der Waals surface area contributed by atoms with E-state index < -0.39 is 0 Å². The lowest BCUT2D eigenvalue weighted by molar-refractivity contribution is 0.395. The molecule has 5 heteroatoms. The maximum Gasteiger partial charge on any atom is 0.122 e. The Balaban J connectivity index is 2.12. The van der Waals surface area contributed by atoms with Gasteiger partial charge >= 0.3 is 0 Å². The SMILES string of the molecule is CCc1ccc(C(Cc2nc(C(C)(C)C)cs2)NN)o1. The molecule has 2 aromatic heterocycles. The molecule has 4 nitrogen and oxygen atoms in total. The number of aromatic nitrogens is 1. The summed E-state index contributed by atoms with van der Waals surface area (Å²) in [5.74, 6) is 7.52. The van der Waals surface area contributed by atoms with Crippen LogP contribution in [0.1, 0.15) is 56.0 Å². The van der Waals surface area contributed by atoms with Crippen molar-refractivity contribution in [1.29, 1.82) is 0 Å². The van der Waals surface area contributed by atoms with Crippen molar-refractivity contribution in [3.8, 4) is 0 Å². The van der Waals surface area contributed by atoms with E-state index in [1.807, 2.05) is 12.1 Å². The van der Waals surface area contributed by atoms with Crippen LogP contribution in [0.15, 0.2) is 21.9 Å². The van der Waals surface area contributed by atoms with Crippen LogP contribution in [0, 0.1) is 0 Å². The Hall–Kier alpha value is -1.17. The van der Waals surface area contributed by atoms with Crippen molar-refractivity contribution in [1.82, 2.24) is 10.4 Å². The van der Waals surface area contributed by atoms with Gasteiger partial charge in [-0.15, -0.1) is 11.3 Å². The van der Waals surface area contributed by atoms with Gasteiger partial charge in [0, 0.05) is 23.6 Å². The van der Waals surface area contributed by atoms with Crippen LogP contribution in [0.25, 0.3) is 0 Å². The number of hydrogen-bond donors (Lipinski definition) is 2. The molecule has 0 radical (unpaired) electrons. The first-order valence-corrected chi connectivity index (χ1v) is 7.81. The number of nitrogens with one attached hydrogen (secondary N) is 1. The molecule has 0 aromatic carbocycles. The van der Waals surface area contributed by atoms with Crippen molar-refractivity contribution in [2.45, 2.75) is 52.0 Å². The van der Waals surface area contributed by atoms with Gasteiger partial charge in [0.2, 0.25) is 0 Å². The van der Waals surface area contributed by atoms with Gasteiger partial charge in [-0.25, -0.2) is 10.4 Å². The summed E-state index contributed by atoms with van der Waals surface area (Å²) in [5, 5.41) is 3.20. The summed E-state index contributed by atoms with van der Waals surface area (Å²) in [7, 11) is 0. The van der Waals surface area contributed by atoms with Crippen LogP contribution in [0.3, 0.4) is 0 Å². The Morgan fingerprint density at radius 2 is 2.15 bits per heavy atom. The zero-order valence-electron chi connectivity index (χ0n) is 12.6. The summed E-state index contributed by atoms with van der Waals surface area (Å²) in [6.45, 7) is 8.59. The van der Waals surface area contributed by atoms with Crippen molar-refractivity contribution in [2.75, 3.05) is 0 Å². The normalized spacial score (nSPS) is 13.7. The molecule has 0 bridgehead atoms. The predicted octanol–water partition coefficient (Wildman–Crippen LogP) is 3.34. The van der Waals surface area contributed by atoms with E-state index in [0.717, 1.165) is 35.1 Å². The molecular weight excluding hydrogens is 270 g/mol. The van der Waals surface area contributed by atoms with Crippen LogP contribution >= 0.6 is 11.3 Å². The number of rotatable bonds is 5. The molecule has 1 atom stereocenters. The molecule has 20 heavy (non-hydrogen) atoms. The molecule has 0 saturated heterocycles. The van der Waals surface area contributed by atoms with Crippen LogP contribution in [0.5, 0.6) is 0 Å². The Labute approximate surface area is 124 Å². The minimum Gasteiger partial charge on any atom is -0.464 e. The van der Waals surface area contributed by atoms with E-state index in [4.69, 9.17) is 15.2 Å². The molecule has 110 valence electrons. The summed E-state index contributed by atoms with van der Waals surface area (Å²) in [4.78, 5) is 4.70. The van der Waals surface area contributed by atoms with E-state index in [-0.39, 0.29) is 11.5 Å². The molecule has 2 aromatic rings. The zero-order valence-corrected chi connectivity index (χ0v) is 13.4. The van der Waals surface area contributed by atoms with E-state index >= 15 is 0 Å². The van der Waals surface area contributed by atoms with Crippen molar-refractivity contribution in [3.05, 3.63) is 39.7 Å². The minimum atomic E-state index is -0.0331. The summed E-state index contributed by atoms with van der Waals surface area (Å²) < 4.78 is 5.77. The second-order valence-corrected chi connectivity index (χ2v) is 6.90. The van der Waals surface area contributed by atoms with Crippen LogP contribution in [0.4, 0.5) is 0 Å². The molecule has 2 heterocycles. The first kappa shape index (κ1) is 15.2. The van der Waals surface area contributed by atoms with Gasteiger partial charge in [-0.2, -0.15) is 0 Å².